The molecule has 19 heavy (non-hydrogen) atoms. The fraction of sp³-hybridized carbons (Fsp3) is 0.0714. The number of carboxylic acids is 1. The normalized spacial score (nSPS) is 10.3. The number of benzene rings is 2. The lowest BCUT2D eigenvalue weighted by atomic mass is 10.2. The molecule has 2 aromatic carbocycles. The van der Waals surface area contributed by atoms with Gasteiger partial charge in [-0.05, 0) is 52.7 Å². The lowest BCUT2D eigenvalue weighted by molar-refractivity contribution is 0.0693. The van der Waals surface area contributed by atoms with E-state index in [4.69, 9.17) is 16.3 Å². The molecule has 0 heterocycles. The molecule has 2 rings (SSSR count). The molecule has 0 aliphatic heterocycles. The summed E-state index contributed by atoms with van der Waals surface area (Å²) in [5.41, 5.74) is 1.05. The molecular formula is C14H10BrClO3. The quantitative estimate of drug-likeness (QED) is 0.863. The van der Waals surface area contributed by atoms with Crippen LogP contribution in [-0.4, -0.2) is 11.1 Å². The molecule has 0 aliphatic carbocycles. The van der Waals surface area contributed by atoms with Gasteiger partial charge in [0.05, 0.1) is 5.02 Å². The molecule has 0 amide bonds. The zero-order valence-corrected chi connectivity index (χ0v) is 12.3. The van der Waals surface area contributed by atoms with Crippen LogP contribution >= 0.6 is 27.5 Å². The van der Waals surface area contributed by atoms with Gasteiger partial charge in [0.25, 0.3) is 0 Å². The van der Waals surface area contributed by atoms with Crippen molar-refractivity contribution in [2.24, 2.45) is 0 Å². The Morgan fingerprint density at radius 2 is 2.00 bits per heavy atom. The topological polar surface area (TPSA) is 46.5 Å². The van der Waals surface area contributed by atoms with Crippen LogP contribution in [0.3, 0.4) is 0 Å². The van der Waals surface area contributed by atoms with E-state index in [1.807, 2.05) is 13.0 Å². The first-order chi connectivity index (χ1) is 8.99. The predicted molar refractivity (Wildman–Crippen MR) is 77.4 cm³/mol. The Morgan fingerprint density at radius 1 is 1.26 bits per heavy atom. The van der Waals surface area contributed by atoms with Crippen LogP contribution in [0.25, 0.3) is 0 Å². The maximum atomic E-state index is 11.2. The van der Waals surface area contributed by atoms with Crippen LogP contribution < -0.4 is 4.74 Å². The summed E-state index contributed by atoms with van der Waals surface area (Å²) in [6.07, 6.45) is 0. The van der Waals surface area contributed by atoms with Crippen molar-refractivity contribution in [3.8, 4) is 11.5 Å². The second kappa shape index (κ2) is 5.63. The third-order valence-corrected chi connectivity index (χ3v) is 3.47. The molecule has 0 spiro atoms. The monoisotopic (exact) mass is 340 g/mol. The zero-order chi connectivity index (χ0) is 14.0. The number of halogens is 2. The molecule has 3 nitrogen and oxygen atoms in total. The standard InChI is InChI=1S/C14H10BrClO3/c1-8-5-6-10(16)12(7-8)19-11-4-2-3-9(15)13(11)14(17)18/h2-7H,1H3,(H,17,18). The molecule has 5 heteroatoms. The summed E-state index contributed by atoms with van der Waals surface area (Å²) < 4.78 is 6.08. The van der Waals surface area contributed by atoms with Crippen LogP contribution in [0, 0.1) is 6.92 Å². The van der Waals surface area contributed by atoms with Crippen molar-refractivity contribution in [2.45, 2.75) is 6.92 Å². The van der Waals surface area contributed by atoms with Gasteiger partial charge in [-0.1, -0.05) is 23.7 Å². The molecule has 0 aliphatic rings. The Hall–Kier alpha value is -1.52. The van der Waals surface area contributed by atoms with E-state index in [1.54, 1.807) is 30.3 Å². The van der Waals surface area contributed by atoms with Crippen LogP contribution in [0.2, 0.25) is 5.02 Å². The van der Waals surface area contributed by atoms with E-state index in [9.17, 15) is 9.90 Å². The second-order valence-corrected chi connectivity index (χ2v) is 5.22. The highest BCUT2D eigenvalue weighted by Crippen LogP contribution is 2.34. The minimum Gasteiger partial charge on any atom is -0.478 e. The first-order valence-electron chi connectivity index (χ1n) is 5.45. The summed E-state index contributed by atoms with van der Waals surface area (Å²) in [6, 6.07) is 10.3. The fourth-order valence-corrected chi connectivity index (χ4v) is 2.28. The Kier molecular flexibility index (Phi) is 4.12. The summed E-state index contributed by atoms with van der Waals surface area (Å²) in [5.74, 6) is -0.386. The summed E-state index contributed by atoms with van der Waals surface area (Å²) in [4.78, 5) is 11.2. The molecular weight excluding hydrogens is 332 g/mol. The molecule has 0 bridgehead atoms. The summed E-state index contributed by atoms with van der Waals surface area (Å²) in [7, 11) is 0. The van der Waals surface area contributed by atoms with E-state index in [0.29, 0.717) is 15.2 Å². The summed E-state index contributed by atoms with van der Waals surface area (Å²) in [6.45, 7) is 1.90. The van der Waals surface area contributed by atoms with E-state index in [1.165, 1.54) is 0 Å². The highest BCUT2D eigenvalue weighted by molar-refractivity contribution is 9.10. The second-order valence-electron chi connectivity index (χ2n) is 3.95. The number of hydrogen-bond acceptors (Lipinski definition) is 2. The lowest BCUT2D eigenvalue weighted by Gasteiger charge is -2.11. The molecule has 0 atom stereocenters. The number of rotatable bonds is 3. The van der Waals surface area contributed by atoms with Crippen molar-refractivity contribution < 1.29 is 14.6 Å². The van der Waals surface area contributed by atoms with Crippen LogP contribution in [0.5, 0.6) is 11.5 Å². The van der Waals surface area contributed by atoms with Gasteiger partial charge >= 0.3 is 5.97 Å². The first kappa shape index (κ1) is 13.9. The number of aromatic carboxylic acids is 1. The van der Waals surface area contributed by atoms with Gasteiger partial charge in [0.15, 0.2) is 0 Å². The van der Waals surface area contributed by atoms with E-state index < -0.39 is 5.97 Å². The van der Waals surface area contributed by atoms with E-state index in [0.717, 1.165) is 5.56 Å². The predicted octanol–water partition coefficient (Wildman–Crippen LogP) is 4.90. The van der Waals surface area contributed by atoms with Gasteiger partial charge in [-0.3, -0.25) is 0 Å². The third-order valence-electron chi connectivity index (χ3n) is 2.50. The van der Waals surface area contributed by atoms with E-state index in [-0.39, 0.29) is 11.3 Å². The van der Waals surface area contributed by atoms with Gasteiger partial charge in [-0.15, -0.1) is 0 Å². The lowest BCUT2D eigenvalue weighted by Crippen LogP contribution is -2.01. The highest BCUT2D eigenvalue weighted by Gasteiger charge is 2.16. The Labute approximate surface area is 123 Å². The van der Waals surface area contributed by atoms with Crippen LogP contribution in [0.1, 0.15) is 15.9 Å². The number of carbonyl (C=O) groups is 1. The molecule has 0 unspecified atom stereocenters. The molecule has 0 fully saturated rings. The molecule has 0 saturated heterocycles. The molecule has 2 aromatic rings. The fourth-order valence-electron chi connectivity index (χ4n) is 1.60. The van der Waals surface area contributed by atoms with Gasteiger partial charge < -0.3 is 9.84 Å². The maximum absolute atomic E-state index is 11.2. The molecule has 0 aromatic heterocycles. The number of aryl methyl sites for hydroxylation is 1. The Balaban J connectivity index is 2.46. The largest absolute Gasteiger partial charge is 0.478 e. The first-order valence-corrected chi connectivity index (χ1v) is 6.62. The van der Waals surface area contributed by atoms with E-state index >= 15 is 0 Å². The molecule has 1 N–H and O–H groups in total. The van der Waals surface area contributed by atoms with Gasteiger partial charge in [0.2, 0.25) is 0 Å². The van der Waals surface area contributed by atoms with Crippen molar-refractivity contribution in [2.75, 3.05) is 0 Å². The third kappa shape index (κ3) is 3.08. The molecule has 98 valence electrons. The van der Waals surface area contributed by atoms with E-state index in [2.05, 4.69) is 15.9 Å². The highest BCUT2D eigenvalue weighted by atomic mass is 79.9. The van der Waals surface area contributed by atoms with Crippen LogP contribution in [0.4, 0.5) is 0 Å². The van der Waals surface area contributed by atoms with Crippen molar-refractivity contribution in [3.05, 3.63) is 57.0 Å². The van der Waals surface area contributed by atoms with Gasteiger partial charge in [-0.2, -0.15) is 0 Å². The number of ether oxygens (including phenoxy) is 1. The Bertz CT molecular complexity index is 641. The minimum atomic E-state index is -1.06. The SMILES string of the molecule is Cc1ccc(Cl)c(Oc2cccc(Br)c2C(=O)O)c1. The molecule has 0 saturated carbocycles. The minimum absolute atomic E-state index is 0.0695. The average molecular weight is 342 g/mol. The van der Waals surface area contributed by atoms with Gasteiger partial charge in [0, 0.05) is 4.47 Å². The van der Waals surface area contributed by atoms with Crippen LogP contribution in [0.15, 0.2) is 40.9 Å². The average Bonchev–Trinajstić information content (AvgIpc) is 2.33. The molecule has 0 radical (unpaired) electrons. The van der Waals surface area contributed by atoms with Crippen molar-refractivity contribution >= 4 is 33.5 Å². The van der Waals surface area contributed by atoms with Crippen molar-refractivity contribution in [1.82, 2.24) is 0 Å². The van der Waals surface area contributed by atoms with Gasteiger partial charge in [-0.25, -0.2) is 4.79 Å². The summed E-state index contributed by atoms with van der Waals surface area (Å²) >= 11 is 9.23. The Morgan fingerprint density at radius 3 is 2.68 bits per heavy atom. The smallest absolute Gasteiger partial charge is 0.340 e. The maximum Gasteiger partial charge on any atom is 0.340 e. The number of hydrogen-bond donors (Lipinski definition) is 1. The number of carboxylic acid groups (broad SMARTS) is 1. The zero-order valence-electron chi connectivity index (χ0n) is 9.98. The summed E-state index contributed by atoms with van der Waals surface area (Å²) in [5, 5.41) is 9.64. The van der Waals surface area contributed by atoms with Crippen molar-refractivity contribution in [3.63, 3.8) is 0 Å². The van der Waals surface area contributed by atoms with Gasteiger partial charge in [0.1, 0.15) is 17.1 Å². The van der Waals surface area contributed by atoms with Crippen LogP contribution in [-0.2, 0) is 0 Å². The van der Waals surface area contributed by atoms with Crippen molar-refractivity contribution in [1.29, 1.82) is 0 Å².